The fourth-order valence-electron chi connectivity index (χ4n) is 11.7. The van der Waals surface area contributed by atoms with Gasteiger partial charge in [0.25, 0.3) is 0 Å². The van der Waals surface area contributed by atoms with Gasteiger partial charge in [0.15, 0.2) is 37.7 Å². The molecular weight excluding hydrogens is 3350 g/mol. The Bertz CT molecular complexity index is 1840. The molecule has 0 aromatic heterocycles. The van der Waals surface area contributed by atoms with E-state index in [1.165, 1.54) is 0 Å². The van der Waals surface area contributed by atoms with Gasteiger partial charge in [-0.15, -0.1) is 22.3 Å². The van der Waals surface area contributed by atoms with E-state index in [-0.39, 0.29) is 539 Å². The number of ether oxygens (including phenoxy) is 12. The summed E-state index contributed by atoms with van der Waals surface area (Å²) in [6.07, 6.45) is -15.6. The number of aliphatic hydroxyl groups excluding tert-OH is 10. The smallest absolute Gasteiger partial charge is 0.312 e. The van der Waals surface area contributed by atoms with Gasteiger partial charge in [-0.2, -0.15) is 0 Å². The Balaban J connectivity index is -0.000000358. The Morgan fingerprint density at radius 2 is 0.703 bits per heavy atom. The van der Waals surface area contributed by atoms with Crippen LogP contribution in [-0.4, -0.2) is 238 Å². The number of rotatable bonds is 26. The van der Waals surface area contributed by atoms with E-state index in [0.717, 1.165) is 32.1 Å². The summed E-state index contributed by atoms with van der Waals surface area (Å²) in [5.41, 5.74) is 0. The van der Waals surface area contributed by atoms with Gasteiger partial charge in [0.1, 0.15) is 73.2 Å². The van der Waals surface area contributed by atoms with Gasteiger partial charge >= 0.3 is 6.64 Å². The van der Waals surface area contributed by atoms with Crippen molar-refractivity contribution in [2.45, 2.75) is 262 Å². The maximum atomic E-state index is 10.8. The summed E-state index contributed by atoms with van der Waals surface area (Å²) in [5, 5.41) is 102. The van der Waals surface area contributed by atoms with Gasteiger partial charge in [-0.05, 0) is 56.8 Å². The molecule has 10 radical (unpaired) electrons. The molecule has 6 fully saturated rings. The molecule has 6 saturated heterocycles. The van der Waals surface area contributed by atoms with Crippen molar-refractivity contribution in [1.29, 1.82) is 0 Å². The molecule has 0 aromatic rings. The molecule has 0 spiro atoms. The predicted octanol–water partition coefficient (Wildman–Crippen LogP) is 1.76. The first kappa shape index (κ1) is 115. The van der Waals surface area contributed by atoms with Crippen molar-refractivity contribution in [2.24, 2.45) is 35.5 Å². The molecule has 0 amide bonds. The van der Waals surface area contributed by atoms with Crippen LogP contribution in [0, 0.1) is 476 Å². The van der Waals surface area contributed by atoms with Gasteiger partial charge in [0.05, 0.1) is 69.7 Å². The van der Waals surface area contributed by atoms with Crippen molar-refractivity contribution < 1.29 is 553 Å². The maximum Gasteiger partial charge on any atom is 0.312 e. The van der Waals surface area contributed by atoms with Crippen molar-refractivity contribution in [1.82, 2.24) is 0 Å². The molecule has 10 N–H and O–H groups in total. The van der Waals surface area contributed by atoms with E-state index < -0.39 is 112 Å². The van der Waals surface area contributed by atoms with Crippen LogP contribution in [0.5, 0.6) is 0 Å². The topological polar surface area (TPSA) is 322 Å². The zero-order valence-corrected chi connectivity index (χ0v) is 104. The zero-order chi connectivity index (χ0) is 60.0. The third-order valence-electron chi connectivity index (χ3n) is 17.2. The second kappa shape index (κ2) is 61.0. The van der Waals surface area contributed by atoms with E-state index in [1.807, 2.05) is 6.08 Å². The first-order valence-corrected chi connectivity index (χ1v) is 30.2. The zero-order valence-electron chi connectivity index (χ0n) is 55.1. The average Bonchev–Trinajstić information content (AvgIpc) is 1.11. The molecule has 6 aliphatic heterocycles. The molecule has 23 nitrogen and oxygen atoms in total. The normalized spacial score (nSPS) is 40.8. The van der Waals surface area contributed by atoms with Crippen LogP contribution in [0.4, 0.5) is 0 Å². The fourth-order valence-corrected chi connectivity index (χ4v) is 11.9. The molecular formula is C56H102Ac10BO23P. The molecule has 0 aromatic carbocycles. The van der Waals surface area contributed by atoms with E-state index in [9.17, 15) is 51.1 Å². The van der Waals surface area contributed by atoms with Crippen LogP contribution in [0.1, 0.15) is 107 Å². The summed E-state index contributed by atoms with van der Waals surface area (Å²) >= 11 is 0. The summed E-state index contributed by atoms with van der Waals surface area (Å²) in [4.78, 5) is 0. The molecule has 6 heterocycles. The minimum Gasteiger partial charge on any atom is -0.428 e. The summed E-state index contributed by atoms with van der Waals surface area (Å²) in [6, 6.07) is 0. The molecule has 6 aliphatic rings. The monoisotopic (exact) mass is 3450 g/mol. The number of unbranched alkanes of at least 4 members (excludes halogenated alkanes) is 2. The van der Waals surface area contributed by atoms with E-state index in [1.54, 1.807) is 6.08 Å². The third-order valence-corrected chi connectivity index (χ3v) is 17.3. The molecule has 6 rings (SSSR count). The molecule has 0 aliphatic carbocycles. The maximum absolute atomic E-state index is 10.8. The van der Waals surface area contributed by atoms with E-state index in [4.69, 9.17) is 61.5 Å². The van der Waals surface area contributed by atoms with Crippen molar-refractivity contribution in [3.05, 3.63) is 25.3 Å². The SMILES string of the molecule is C=CCCCO[C@@H]1OC(CC)[C@@H](O[C@@H]2OC(CC)[C@H](O[C@H]3OC(CC)[C@H](C)[C@H](OB(C)P)C3C)[C@H](C)C2C)[C@H](C)C1C.C=CCCCO[C@@H]1OC(CO)[C@@H](O[C@@H]2OC(CO)[C@H](O[C@H]3OC(CO)[C@H](O)[C@H](O)C3O)[C@H](O)C2O)[C@H](O)C1O.[Ac].[Ac].[Ac].[Ac].[Ac].[Ac].[Ac].[Ac].[Ac].[Ac]. The number of aliphatic hydroxyl groups is 10. The molecule has 502 valence electrons. The van der Waals surface area contributed by atoms with Crippen LogP contribution in [0.25, 0.3) is 0 Å². The van der Waals surface area contributed by atoms with Crippen LogP contribution >= 0.6 is 9.12 Å². The van der Waals surface area contributed by atoms with Crippen LogP contribution < -0.4 is 0 Å². The Morgan fingerprint density at radius 3 is 1.11 bits per heavy atom. The Kier molecular flexibility index (Phi) is 77.3. The summed E-state index contributed by atoms with van der Waals surface area (Å²) < 4.78 is 78.9. The van der Waals surface area contributed by atoms with Crippen molar-refractivity contribution in [2.75, 3.05) is 33.0 Å². The Hall–Kier alpha value is 13.5. The molecule has 35 heteroatoms. The molecule has 91 heavy (non-hydrogen) atoms. The van der Waals surface area contributed by atoms with Crippen molar-refractivity contribution in [3.8, 4) is 0 Å². The van der Waals surface area contributed by atoms with E-state index in [0.29, 0.717) is 25.4 Å². The van der Waals surface area contributed by atoms with Gasteiger partial charge in [-0.25, -0.2) is 0 Å². The second-order valence-corrected chi connectivity index (χ2v) is 23.9. The van der Waals surface area contributed by atoms with Crippen molar-refractivity contribution in [3.63, 3.8) is 0 Å². The standard InChI is InChI=1S/C33H62BO7P.C23H40O16.10Ac/c1-12-16-17-18-35-31-21(7)19(5)29(26(14-3)37-31)39-32-22(8)20(6)30(27(15-4)38-32)40-33-24(10)28(41-34(11)42)23(9)25(13-2)36-33;1-2-3-4-5-34-21-17(32)14(29)19(10(7-25)36-21)39-23-18(33)15(30)20(11(8-26)37-23)38-22-16(31)13(28)12(27)9(6-24)35-22;;;;;;;;;;/h12,19-33H,1,13-18,42H2,2-11H3;2,9-33H,1,3-8H2;;;;;;;;;;/t19-,20-,21?,22?,23+,24?,25?,26?,27?,28+,29+,30-,31-,32+,33-;9?,10?,11?,12-,13-,14+,15+,16?,17?,18?,19+,20-,21+,22+,23-;;;;;;;;;;/m10........../s1. The van der Waals surface area contributed by atoms with Crippen LogP contribution in [0.2, 0.25) is 6.82 Å². The third kappa shape index (κ3) is 33.8. The molecule has 31 atom stereocenters. The number of hydrogen-bond acceptors (Lipinski definition) is 23. The molecule has 0 bridgehead atoms. The van der Waals surface area contributed by atoms with Crippen LogP contribution in [0.15, 0.2) is 25.3 Å². The fraction of sp³-hybridized carbons (Fsp3) is 0.929. The Morgan fingerprint density at radius 1 is 0.374 bits per heavy atom. The summed E-state index contributed by atoms with van der Waals surface area (Å²) in [6.45, 7) is 28.1. The summed E-state index contributed by atoms with van der Waals surface area (Å²) in [5.74, 6) is 1.27. The minimum atomic E-state index is -1.89. The Labute approximate surface area is 903 Å². The summed E-state index contributed by atoms with van der Waals surface area (Å²) in [7, 11) is 2.77. The van der Waals surface area contributed by atoms with E-state index >= 15 is 0 Å². The van der Waals surface area contributed by atoms with Crippen LogP contribution in [0.3, 0.4) is 0 Å². The van der Waals surface area contributed by atoms with E-state index in [2.05, 4.69) is 91.4 Å². The second-order valence-electron chi connectivity index (χ2n) is 22.9. The molecule has 13 unspecified atom stereocenters. The van der Waals surface area contributed by atoms with Crippen LogP contribution in [-0.2, 0) is 61.5 Å². The van der Waals surface area contributed by atoms with Gasteiger partial charge in [-0.1, -0.05) is 81.3 Å². The first-order chi connectivity index (χ1) is 38.6. The minimum absolute atomic E-state index is 0. The van der Waals surface area contributed by atoms with Crippen molar-refractivity contribution >= 4 is 15.8 Å². The molecule has 0 saturated carbocycles. The van der Waals surface area contributed by atoms with Gasteiger partial charge in [0.2, 0.25) is 0 Å². The average molecular weight is 3460 g/mol. The number of allylic oxidation sites excluding steroid dienone is 2. The number of hydrogen-bond donors (Lipinski definition) is 10. The predicted molar refractivity (Wildman–Crippen MR) is 298 cm³/mol. The van der Waals surface area contributed by atoms with Gasteiger partial charge < -0.3 is 113 Å². The largest absolute Gasteiger partial charge is 0.428 e. The van der Waals surface area contributed by atoms with Gasteiger partial charge in [0, 0.05) is 464 Å². The first-order valence-electron chi connectivity index (χ1n) is 29.6. The quantitative estimate of drug-likeness (QED) is 0.0255. The van der Waals surface area contributed by atoms with Gasteiger partial charge in [-0.3, -0.25) is 0 Å².